The van der Waals surface area contributed by atoms with E-state index in [1.165, 1.54) is 55.6 Å². The van der Waals surface area contributed by atoms with E-state index in [-0.39, 0.29) is 107 Å². The zero-order valence-electron chi connectivity index (χ0n) is 59.3. The number of carbonyl (C=O) groups is 10. The molecule has 0 aliphatic carbocycles. The van der Waals surface area contributed by atoms with Crippen LogP contribution in [0.2, 0.25) is 20.1 Å². The third-order valence-electron chi connectivity index (χ3n) is 13.3. The van der Waals surface area contributed by atoms with Gasteiger partial charge >= 0.3 is 36.3 Å². The molecule has 2 atom stereocenters. The third-order valence-corrected chi connectivity index (χ3v) is 14.6. The van der Waals surface area contributed by atoms with Crippen LogP contribution in [0, 0.1) is 0 Å². The summed E-state index contributed by atoms with van der Waals surface area (Å²) in [5, 5.41) is 16.8. The summed E-state index contributed by atoms with van der Waals surface area (Å²) in [6.07, 6.45) is 3.40. The third kappa shape index (κ3) is 29.3. The van der Waals surface area contributed by atoms with Crippen molar-refractivity contribution in [2.45, 2.75) is 177 Å². The van der Waals surface area contributed by atoms with E-state index in [0.29, 0.717) is 29.0 Å². The van der Waals surface area contributed by atoms with Crippen molar-refractivity contribution in [3.8, 4) is 0 Å². The summed E-state index contributed by atoms with van der Waals surface area (Å²) in [5.41, 5.74) is 6.75. The molecular weight excluding hydrogens is 1430 g/mol. The lowest BCUT2D eigenvalue weighted by Gasteiger charge is -2.22. The summed E-state index contributed by atoms with van der Waals surface area (Å²) >= 11 is 24.4. The van der Waals surface area contributed by atoms with Crippen LogP contribution in [0.3, 0.4) is 0 Å². The number of hydrogen-bond donors (Lipinski definition) is 6. The van der Waals surface area contributed by atoms with E-state index >= 15 is 0 Å². The summed E-state index contributed by atoms with van der Waals surface area (Å²) in [6.45, 7) is 21.2. The quantitative estimate of drug-likeness (QED) is 0.0144. The van der Waals surface area contributed by atoms with Gasteiger partial charge in [-0.2, -0.15) is 5.10 Å². The number of amides is 6. The molecule has 34 heteroatoms. The maximum Gasteiger partial charge on any atom is 0.437 e. The average molecular weight is 1520 g/mol. The predicted octanol–water partition coefficient (Wildman–Crippen LogP) is 12.9. The van der Waals surface area contributed by atoms with E-state index in [1.54, 1.807) is 149 Å². The van der Waals surface area contributed by atoms with Gasteiger partial charge in [-0.3, -0.25) is 35.1 Å². The number of aliphatic imine (C=N–C) groups is 2. The Labute approximate surface area is 621 Å². The van der Waals surface area contributed by atoms with Crippen LogP contribution in [0.1, 0.15) is 150 Å². The molecule has 0 aliphatic heterocycles. The molecule has 562 valence electrons. The number of guanidine groups is 1. The first-order chi connectivity index (χ1) is 48.1. The first-order valence-corrected chi connectivity index (χ1v) is 33.4. The van der Waals surface area contributed by atoms with Crippen molar-refractivity contribution >= 4 is 151 Å². The van der Waals surface area contributed by atoms with Gasteiger partial charge in [0.05, 0.1) is 85.8 Å². The van der Waals surface area contributed by atoms with Crippen molar-refractivity contribution in [3.63, 3.8) is 0 Å². The van der Waals surface area contributed by atoms with Gasteiger partial charge in [-0.1, -0.05) is 66.0 Å². The molecule has 7 N–H and O–H groups in total. The fourth-order valence-corrected chi connectivity index (χ4v) is 10.0. The number of nitrogens with one attached hydrogen (secondary N) is 5. The number of aromatic nitrogens is 6. The average Bonchev–Trinajstić information content (AvgIpc) is 1.57. The lowest BCUT2D eigenvalue weighted by molar-refractivity contribution is -0.144. The number of anilines is 1. The molecule has 7 rings (SSSR count). The van der Waals surface area contributed by atoms with Gasteiger partial charge in [0.2, 0.25) is 11.9 Å². The number of benzene rings is 4. The Morgan fingerprint density at radius 3 is 1.33 bits per heavy atom. The summed E-state index contributed by atoms with van der Waals surface area (Å²) in [7, 11) is 2.39. The Kier molecular flexibility index (Phi) is 32.3. The van der Waals surface area contributed by atoms with Gasteiger partial charge in [-0.25, -0.2) is 48.4 Å². The first kappa shape index (κ1) is 86.2. The molecular formula is C70H88Cl4N14O16. The molecule has 0 saturated heterocycles. The number of fused-ring (bicyclic) bond motifs is 2. The SMILES string of the molecule is C.CC(C)(C)OC(=O)N=C(NC(=O)OC(C)(C)C)n1cccn1.COC(=O)[C@H](CCC(=O)CCn1cnc2ccc(N)cc21)NC(=O)c1c(Cl)cccc1Cl.COC(=O)[C@H](CCC(=O)CCn1cnc2ccc(N=C(NC(=O)OC(C)(C)C)NC(=O)OC(C)(C)C)cc21)NC(=O)c1c(Cl)cccc1Cl. The highest BCUT2D eigenvalue weighted by atomic mass is 35.5. The molecule has 3 heterocycles. The van der Waals surface area contributed by atoms with Gasteiger partial charge in [-0.15, -0.1) is 4.99 Å². The van der Waals surface area contributed by atoms with Gasteiger partial charge in [0, 0.05) is 56.9 Å². The van der Waals surface area contributed by atoms with E-state index in [9.17, 15) is 47.9 Å². The highest BCUT2D eigenvalue weighted by molar-refractivity contribution is 6.40. The minimum Gasteiger partial charge on any atom is -0.467 e. The Hall–Kier alpha value is -10.2. The molecule has 0 unspecified atom stereocenters. The number of halogens is 4. The van der Waals surface area contributed by atoms with Crippen LogP contribution in [-0.4, -0.2) is 149 Å². The van der Waals surface area contributed by atoms with E-state index in [0.717, 1.165) is 11.0 Å². The largest absolute Gasteiger partial charge is 0.467 e. The number of ketones is 2. The summed E-state index contributed by atoms with van der Waals surface area (Å²) < 4.78 is 35.2. The van der Waals surface area contributed by atoms with Gasteiger partial charge < -0.3 is 53.9 Å². The van der Waals surface area contributed by atoms with Crippen LogP contribution in [0.5, 0.6) is 0 Å². The van der Waals surface area contributed by atoms with Crippen LogP contribution in [-0.2, 0) is 60.7 Å². The number of esters is 2. The minimum atomic E-state index is -1.11. The molecule has 0 radical (unpaired) electrons. The number of nitrogens with two attached hydrogens (primary N) is 1. The summed E-state index contributed by atoms with van der Waals surface area (Å²) in [4.78, 5) is 141. The summed E-state index contributed by atoms with van der Waals surface area (Å²) in [5.74, 6) is -3.26. The maximum atomic E-state index is 12.9. The number of imidazole rings is 2. The molecule has 0 fully saturated rings. The fourth-order valence-electron chi connectivity index (χ4n) is 8.88. The zero-order valence-corrected chi connectivity index (χ0v) is 62.3. The zero-order chi connectivity index (χ0) is 76.7. The monoisotopic (exact) mass is 1520 g/mol. The second kappa shape index (κ2) is 38.9. The molecule has 0 bridgehead atoms. The second-order valence-corrected chi connectivity index (χ2v) is 28.1. The summed E-state index contributed by atoms with van der Waals surface area (Å²) in [6, 6.07) is 19.1. The van der Waals surface area contributed by atoms with Crippen LogP contribution in [0.4, 0.5) is 30.6 Å². The number of carbonyl (C=O) groups excluding carboxylic acids is 10. The van der Waals surface area contributed by atoms with E-state index in [2.05, 4.69) is 51.6 Å². The number of hydrogen-bond acceptors (Lipinski definition) is 21. The molecule has 4 aromatic carbocycles. The number of nitrogens with zero attached hydrogens (tertiary/aromatic N) is 8. The lowest BCUT2D eigenvalue weighted by Crippen LogP contribution is -2.47. The molecule has 3 aromatic heterocycles. The first-order valence-electron chi connectivity index (χ1n) is 31.9. The predicted molar refractivity (Wildman–Crippen MR) is 394 cm³/mol. The number of ether oxygens (including phenoxy) is 6. The van der Waals surface area contributed by atoms with Crippen LogP contribution < -0.4 is 32.3 Å². The highest BCUT2D eigenvalue weighted by Crippen LogP contribution is 2.27. The highest BCUT2D eigenvalue weighted by Gasteiger charge is 2.29. The Bertz CT molecular complexity index is 4190. The topological polar surface area (TPSA) is 390 Å². The fraction of sp³-hybridized carbons (Fsp3) is 0.414. The van der Waals surface area contributed by atoms with Gasteiger partial charge in [0.15, 0.2) is 0 Å². The number of Topliss-reactive ketones (excluding diaryl/α,β-unsaturated/α-hetero) is 2. The molecule has 7 aromatic rings. The molecule has 0 aliphatic rings. The smallest absolute Gasteiger partial charge is 0.437 e. The Morgan fingerprint density at radius 1 is 0.529 bits per heavy atom. The standard InChI is InChI=1S/C33H40Cl2N6O8.C22H22Cl2N4O4.C14H22N4O4.CH4/c1-32(2,3)48-30(45)39-29(40-31(46)49-33(4,5)6)37-19-11-13-23-25(17-19)41(18-36-23)16-15-20(42)12-14-24(28(44)47-7)38-27(43)26-21(34)9-8-10-22(26)35;1-32-22(31)18(27-21(30)20-15(23)3-2-4-16(20)24)8-6-14(29)9-10-28-12-26-17-7-5-13(25)11-19(17)28;1-13(2,3)21-11(19)16-10(18-9-7-8-15-18)17-12(20)22-14(4,5)6;/h8-11,13,17-18,24H,12,14-16H2,1-7H3,(H,38,43)(H2,37,39,40,45,46);2-5,7,11-12,18H,6,8-10,25H2,1H3,(H,27,30);7-9H,1-6H3,(H,16,17,19,20);1H4/t24-;18-;;/m00../s1. The number of nitrogen functional groups attached to an aromatic ring is 1. The van der Waals surface area contributed by atoms with Crippen LogP contribution >= 0.6 is 46.4 Å². The molecule has 6 amide bonds. The van der Waals surface area contributed by atoms with E-state index < -0.39 is 82.6 Å². The van der Waals surface area contributed by atoms with E-state index in [1.807, 2.05) is 10.6 Å². The number of methoxy groups -OCH3 is 2. The van der Waals surface area contributed by atoms with Crippen molar-refractivity contribution in [2.24, 2.45) is 9.98 Å². The van der Waals surface area contributed by atoms with Gasteiger partial charge in [0.25, 0.3) is 11.8 Å². The van der Waals surface area contributed by atoms with Crippen LogP contribution in [0.25, 0.3) is 22.1 Å². The number of rotatable bonds is 19. The number of alkyl carbamates (subject to hydrolysis) is 3. The van der Waals surface area contributed by atoms with Crippen molar-refractivity contribution in [3.05, 3.63) is 135 Å². The lowest BCUT2D eigenvalue weighted by atomic mass is 10.1. The minimum absolute atomic E-state index is 0. The van der Waals surface area contributed by atoms with Crippen molar-refractivity contribution in [1.82, 2.24) is 55.5 Å². The Balaban J connectivity index is 0.000000357. The number of aryl methyl sites for hydroxylation is 2. The molecule has 0 saturated carbocycles. The van der Waals surface area contributed by atoms with E-state index in [4.69, 9.17) is 80.6 Å². The second-order valence-electron chi connectivity index (χ2n) is 26.5. The van der Waals surface area contributed by atoms with Crippen molar-refractivity contribution in [2.75, 3.05) is 20.0 Å². The van der Waals surface area contributed by atoms with Crippen molar-refractivity contribution in [1.29, 1.82) is 0 Å². The van der Waals surface area contributed by atoms with Gasteiger partial charge in [0.1, 0.15) is 46.1 Å². The maximum absolute atomic E-state index is 12.9. The van der Waals surface area contributed by atoms with Crippen molar-refractivity contribution < 1.29 is 76.4 Å². The molecule has 0 spiro atoms. The molecule has 30 nitrogen and oxygen atoms in total. The van der Waals surface area contributed by atoms with Crippen LogP contribution in [0.15, 0.2) is 114 Å². The Morgan fingerprint density at radius 2 is 0.933 bits per heavy atom. The molecule has 104 heavy (non-hydrogen) atoms. The normalized spacial score (nSPS) is 12.0. The van der Waals surface area contributed by atoms with Gasteiger partial charge in [-0.05, 0) is 163 Å².